The number of ether oxygens (including phenoxy) is 1. The Labute approximate surface area is 117 Å². The second kappa shape index (κ2) is 4.74. The summed E-state index contributed by atoms with van der Waals surface area (Å²) in [5.41, 5.74) is 0.846. The third-order valence-electron chi connectivity index (χ3n) is 2.74. The Kier molecular flexibility index (Phi) is 3.09. The van der Waals surface area contributed by atoms with E-state index in [0.29, 0.717) is 6.54 Å². The molecule has 0 bridgehead atoms. The minimum atomic E-state index is -0.00165. The van der Waals surface area contributed by atoms with E-state index in [1.165, 1.54) is 0 Å². The summed E-state index contributed by atoms with van der Waals surface area (Å²) in [5, 5.41) is 2.02. The van der Waals surface area contributed by atoms with Gasteiger partial charge in [-0.25, -0.2) is 0 Å². The van der Waals surface area contributed by atoms with Gasteiger partial charge in [-0.15, -0.1) is 11.3 Å². The van der Waals surface area contributed by atoms with Crippen LogP contribution in [0.15, 0.2) is 40.2 Å². The zero-order valence-corrected chi connectivity index (χ0v) is 11.8. The number of amides is 1. The molecule has 3 nitrogen and oxygen atoms in total. The molecule has 0 N–H and O–H groups in total. The van der Waals surface area contributed by atoms with Crippen LogP contribution in [0.25, 0.3) is 0 Å². The van der Waals surface area contributed by atoms with Crippen LogP contribution in [0, 0.1) is 0 Å². The number of carbonyl (C=O) groups is 1. The lowest BCUT2D eigenvalue weighted by Crippen LogP contribution is -2.37. The smallest absolute Gasteiger partial charge is 0.265 e. The lowest BCUT2D eigenvalue weighted by molar-refractivity contribution is -0.121. The number of nitrogens with zero attached hydrogens (tertiary/aromatic N) is 1. The first-order chi connectivity index (χ1) is 8.74. The molecule has 92 valence electrons. The number of hydrogen-bond donors (Lipinski definition) is 0. The summed E-state index contributed by atoms with van der Waals surface area (Å²) in [7, 11) is 0. The molecule has 18 heavy (non-hydrogen) atoms. The van der Waals surface area contributed by atoms with Gasteiger partial charge < -0.3 is 9.64 Å². The van der Waals surface area contributed by atoms with Gasteiger partial charge in [-0.05, 0) is 34.1 Å². The Morgan fingerprint density at radius 1 is 1.39 bits per heavy atom. The van der Waals surface area contributed by atoms with E-state index in [9.17, 15) is 4.79 Å². The average molecular weight is 324 g/mol. The Morgan fingerprint density at radius 2 is 2.22 bits per heavy atom. The van der Waals surface area contributed by atoms with Gasteiger partial charge in [0.1, 0.15) is 5.75 Å². The summed E-state index contributed by atoms with van der Waals surface area (Å²) < 4.78 is 6.46. The number of anilines is 1. The first-order valence-corrected chi connectivity index (χ1v) is 7.16. The predicted molar refractivity (Wildman–Crippen MR) is 75.1 cm³/mol. The van der Waals surface area contributed by atoms with Crippen LogP contribution in [0.1, 0.15) is 4.88 Å². The molecule has 0 radical (unpaired) electrons. The predicted octanol–water partition coefficient (Wildman–Crippen LogP) is 3.44. The number of benzene rings is 1. The van der Waals surface area contributed by atoms with Gasteiger partial charge in [0.25, 0.3) is 5.91 Å². The van der Waals surface area contributed by atoms with Crippen molar-refractivity contribution in [2.75, 3.05) is 11.5 Å². The Balaban J connectivity index is 1.93. The highest BCUT2D eigenvalue weighted by Crippen LogP contribution is 2.33. The second-order valence-corrected chi connectivity index (χ2v) is 5.88. The number of hydrogen-bond acceptors (Lipinski definition) is 3. The molecule has 0 aliphatic carbocycles. The number of halogens is 1. The molecule has 1 aliphatic rings. The number of thiophene rings is 1. The fourth-order valence-corrected chi connectivity index (χ4v) is 3.36. The van der Waals surface area contributed by atoms with Crippen LogP contribution in [-0.4, -0.2) is 12.5 Å². The Bertz CT molecular complexity index is 596. The topological polar surface area (TPSA) is 29.5 Å². The molecule has 1 aromatic carbocycles. The fraction of sp³-hybridized carbons (Fsp3) is 0.154. The van der Waals surface area contributed by atoms with E-state index in [1.807, 2.05) is 35.7 Å². The minimum absolute atomic E-state index is 0.00165. The van der Waals surface area contributed by atoms with E-state index in [4.69, 9.17) is 4.74 Å². The molecule has 3 rings (SSSR count). The summed E-state index contributed by atoms with van der Waals surface area (Å²) >= 11 is 5.06. The highest BCUT2D eigenvalue weighted by molar-refractivity contribution is 9.10. The molecule has 2 heterocycles. The standard InChI is InChI=1S/C13H10BrNO2S/c14-9-5-10(18-8-9)6-15-11-3-1-2-4-12(11)17-7-13(15)16/h1-5,8H,6-7H2. The van der Waals surface area contributed by atoms with Crippen LogP contribution in [0.5, 0.6) is 5.75 Å². The van der Waals surface area contributed by atoms with E-state index in [1.54, 1.807) is 16.2 Å². The van der Waals surface area contributed by atoms with Crippen LogP contribution < -0.4 is 9.64 Å². The van der Waals surface area contributed by atoms with Crippen molar-refractivity contribution in [1.82, 2.24) is 0 Å². The zero-order chi connectivity index (χ0) is 12.5. The van der Waals surface area contributed by atoms with Crippen LogP contribution >= 0.6 is 27.3 Å². The monoisotopic (exact) mass is 323 g/mol. The van der Waals surface area contributed by atoms with Gasteiger partial charge >= 0.3 is 0 Å². The van der Waals surface area contributed by atoms with Gasteiger partial charge in [-0.3, -0.25) is 4.79 Å². The van der Waals surface area contributed by atoms with E-state index in [0.717, 1.165) is 20.8 Å². The minimum Gasteiger partial charge on any atom is -0.482 e. The van der Waals surface area contributed by atoms with Crippen molar-refractivity contribution in [3.05, 3.63) is 45.1 Å². The maximum atomic E-state index is 12.0. The SMILES string of the molecule is O=C1COc2ccccc2N1Cc1cc(Br)cs1. The van der Waals surface area contributed by atoms with Gasteiger partial charge in [0.15, 0.2) is 6.61 Å². The van der Waals surface area contributed by atoms with Crippen LogP contribution in [0.2, 0.25) is 0 Å². The largest absolute Gasteiger partial charge is 0.482 e. The third kappa shape index (κ3) is 2.15. The van der Waals surface area contributed by atoms with Crippen molar-refractivity contribution in [3.63, 3.8) is 0 Å². The second-order valence-electron chi connectivity index (χ2n) is 3.97. The van der Waals surface area contributed by atoms with E-state index < -0.39 is 0 Å². The Morgan fingerprint density at radius 3 is 3.00 bits per heavy atom. The van der Waals surface area contributed by atoms with Gasteiger partial charge in [0.2, 0.25) is 0 Å². The highest BCUT2D eigenvalue weighted by atomic mass is 79.9. The van der Waals surface area contributed by atoms with Crippen molar-refractivity contribution in [2.24, 2.45) is 0 Å². The Hall–Kier alpha value is -1.33. The summed E-state index contributed by atoms with van der Waals surface area (Å²) in [6.45, 7) is 0.707. The number of rotatable bonds is 2. The molecule has 0 fully saturated rings. The molecule has 0 saturated heterocycles. The molecule has 5 heteroatoms. The molecular weight excluding hydrogens is 314 g/mol. The highest BCUT2D eigenvalue weighted by Gasteiger charge is 2.25. The van der Waals surface area contributed by atoms with Crippen molar-refractivity contribution in [1.29, 1.82) is 0 Å². The molecule has 0 unspecified atom stereocenters. The third-order valence-corrected chi connectivity index (χ3v) is 4.43. The number of fused-ring (bicyclic) bond motifs is 1. The van der Waals surface area contributed by atoms with Crippen LogP contribution in [0.3, 0.4) is 0 Å². The van der Waals surface area contributed by atoms with Crippen LogP contribution in [0.4, 0.5) is 5.69 Å². The summed E-state index contributed by atoms with van der Waals surface area (Å²) in [6, 6.07) is 9.66. The van der Waals surface area contributed by atoms with Crippen molar-refractivity contribution >= 4 is 38.9 Å². The van der Waals surface area contributed by atoms with E-state index in [2.05, 4.69) is 15.9 Å². The molecule has 0 spiro atoms. The summed E-state index contributed by atoms with van der Waals surface area (Å²) in [5.74, 6) is 0.769. The lowest BCUT2D eigenvalue weighted by atomic mass is 10.2. The van der Waals surface area contributed by atoms with Crippen molar-refractivity contribution in [2.45, 2.75) is 6.54 Å². The zero-order valence-electron chi connectivity index (χ0n) is 9.43. The molecule has 0 atom stereocenters. The lowest BCUT2D eigenvalue weighted by Gasteiger charge is -2.28. The van der Waals surface area contributed by atoms with E-state index >= 15 is 0 Å². The molecule has 2 aromatic rings. The van der Waals surface area contributed by atoms with Crippen molar-refractivity contribution in [3.8, 4) is 5.75 Å². The quantitative estimate of drug-likeness (QED) is 0.847. The summed E-state index contributed by atoms with van der Waals surface area (Å²) in [6.07, 6.45) is 0. The fourth-order valence-electron chi connectivity index (χ4n) is 1.92. The molecular formula is C13H10BrNO2S. The number of para-hydroxylation sites is 2. The first-order valence-electron chi connectivity index (χ1n) is 5.49. The number of carbonyl (C=O) groups excluding carboxylic acids is 1. The molecule has 0 saturated carbocycles. The average Bonchev–Trinajstić information content (AvgIpc) is 2.79. The first kappa shape index (κ1) is 11.7. The van der Waals surface area contributed by atoms with Crippen LogP contribution in [-0.2, 0) is 11.3 Å². The maximum absolute atomic E-state index is 12.0. The van der Waals surface area contributed by atoms with Crippen molar-refractivity contribution < 1.29 is 9.53 Å². The maximum Gasteiger partial charge on any atom is 0.265 e. The molecule has 1 amide bonds. The molecule has 1 aromatic heterocycles. The van der Waals surface area contributed by atoms with Gasteiger partial charge in [0, 0.05) is 14.7 Å². The van der Waals surface area contributed by atoms with Gasteiger partial charge in [-0.1, -0.05) is 12.1 Å². The molecule has 1 aliphatic heterocycles. The van der Waals surface area contributed by atoms with E-state index in [-0.39, 0.29) is 12.5 Å². The summed E-state index contributed by atoms with van der Waals surface area (Å²) in [4.78, 5) is 14.9. The van der Waals surface area contributed by atoms with Gasteiger partial charge in [0.05, 0.1) is 12.2 Å². The normalized spacial score (nSPS) is 14.3. The van der Waals surface area contributed by atoms with Gasteiger partial charge in [-0.2, -0.15) is 0 Å².